The number of halogens is 3. The Labute approximate surface area is 140 Å². The molecule has 0 atom stereocenters. The van der Waals surface area contributed by atoms with Gasteiger partial charge in [-0.2, -0.15) is 0 Å². The van der Waals surface area contributed by atoms with Crippen LogP contribution in [0.3, 0.4) is 0 Å². The third-order valence-electron chi connectivity index (χ3n) is 2.67. The maximum absolute atomic E-state index is 13.7. The van der Waals surface area contributed by atoms with Crippen molar-refractivity contribution in [3.05, 3.63) is 56.4 Å². The first-order chi connectivity index (χ1) is 10.0. The van der Waals surface area contributed by atoms with Gasteiger partial charge in [0.1, 0.15) is 11.6 Å². The summed E-state index contributed by atoms with van der Waals surface area (Å²) in [5.41, 5.74) is 0.465. The lowest BCUT2D eigenvalue weighted by Crippen LogP contribution is -2.13. The minimum atomic E-state index is -0.479. The molecule has 0 aliphatic carbocycles. The van der Waals surface area contributed by atoms with Gasteiger partial charge in [-0.3, -0.25) is 4.79 Å². The molecule has 0 aliphatic rings. The fourth-order valence-corrected chi connectivity index (χ4v) is 2.39. The zero-order valence-corrected chi connectivity index (χ0v) is 14.0. The molecule has 0 saturated heterocycles. The summed E-state index contributed by atoms with van der Waals surface area (Å²) in [7, 11) is 0. The summed E-state index contributed by atoms with van der Waals surface area (Å²) in [5, 5.41) is 2.86. The molecule has 2 rings (SSSR count). The number of hydrogen-bond donors (Lipinski definition) is 1. The van der Waals surface area contributed by atoms with E-state index >= 15 is 0 Å². The summed E-state index contributed by atoms with van der Waals surface area (Å²) < 4.78 is 19.8. The molecular weight excluding hydrogens is 408 g/mol. The summed E-state index contributed by atoms with van der Waals surface area (Å²) in [6.07, 6.45) is 0. The molecule has 0 bridgehead atoms. The minimum Gasteiger partial charge on any atom is -0.492 e. The van der Waals surface area contributed by atoms with Gasteiger partial charge in [-0.25, -0.2) is 4.39 Å². The van der Waals surface area contributed by atoms with Gasteiger partial charge in [0.25, 0.3) is 5.91 Å². The third-order valence-corrected chi connectivity index (χ3v) is 3.64. The second kappa shape index (κ2) is 7.09. The fraction of sp³-hybridized carbons (Fsp3) is 0.133. The van der Waals surface area contributed by atoms with Crippen molar-refractivity contribution in [2.75, 3.05) is 11.9 Å². The molecule has 21 heavy (non-hydrogen) atoms. The van der Waals surface area contributed by atoms with E-state index in [2.05, 4.69) is 5.32 Å². The molecule has 0 saturated carbocycles. The average molecular weight is 420 g/mol. The van der Waals surface area contributed by atoms with E-state index in [1.54, 1.807) is 18.2 Å². The smallest absolute Gasteiger partial charge is 0.255 e. The molecule has 0 aromatic heterocycles. The molecule has 0 spiro atoms. The van der Waals surface area contributed by atoms with E-state index in [0.717, 1.165) is 3.57 Å². The number of rotatable bonds is 4. The molecule has 0 radical (unpaired) electrons. The monoisotopic (exact) mass is 419 g/mol. The maximum atomic E-state index is 13.7. The predicted octanol–water partition coefficient (Wildman–Crippen LogP) is 4.73. The highest BCUT2D eigenvalue weighted by Gasteiger charge is 2.12. The Kier molecular flexibility index (Phi) is 5.41. The number of hydrogen-bond acceptors (Lipinski definition) is 2. The lowest BCUT2D eigenvalue weighted by Gasteiger charge is -2.09. The number of benzene rings is 2. The van der Waals surface area contributed by atoms with E-state index in [9.17, 15) is 9.18 Å². The van der Waals surface area contributed by atoms with Crippen LogP contribution in [-0.4, -0.2) is 12.5 Å². The first kappa shape index (κ1) is 16.0. The van der Waals surface area contributed by atoms with Crippen LogP contribution in [0, 0.1) is 9.39 Å². The van der Waals surface area contributed by atoms with Crippen molar-refractivity contribution in [2.45, 2.75) is 6.92 Å². The van der Waals surface area contributed by atoms with Crippen molar-refractivity contribution in [1.29, 1.82) is 0 Å². The molecule has 2 aromatic rings. The topological polar surface area (TPSA) is 38.3 Å². The van der Waals surface area contributed by atoms with Gasteiger partial charge in [0.2, 0.25) is 0 Å². The van der Waals surface area contributed by atoms with E-state index < -0.39 is 11.7 Å². The van der Waals surface area contributed by atoms with Gasteiger partial charge in [-0.05, 0) is 65.9 Å². The lowest BCUT2D eigenvalue weighted by molar-refractivity contribution is 0.102. The van der Waals surface area contributed by atoms with Gasteiger partial charge >= 0.3 is 0 Å². The minimum absolute atomic E-state index is 0.130. The Morgan fingerprint density at radius 3 is 2.71 bits per heavy atom. The highest BCUT2D eigenvalue weighted by atomic mass is 127. The summed E-state index contributed by atoms with van der Waals surface area (Å²) in [6, 6.07) is 9.27. The second-order valence-corrected chi connectivity index (χ2v) is 5.81. The standard InChI is InChI=1S/C15H12ClFINO2/c1-2-21-14-6-3-9(7-11(14)16)15(20)19-13-5-4-10(18)8-12(13)17/h3-8H,2H2,1H3,(H,19,20). The number of nitrogens with one attached hydrogen (secondary N) is 1. The van der Waals surface area contributed by atoms with Crippen LogP contribution < -0.4 is 10.1 Å². The molecule has 1 amide bonds. The molecule has 1 N–H and O–H groups in total. The lowest BCUT2D eigenvalue weighted by atomic mass is 10.2. The van der Waals surface area contributed by atoms with Crippen LogP contribution in [0.2, 0.25) is 5.02 Å². The van der Waals surface area contributed by atoms with Gasteiger partial charge in [-0.1, -0.05) is 11.6 Å². The number of carbonyl (C=O) groups is 1. The Balaban J connectivity index is 2.18. The molecule has 6 heteroatoms. The highest BCUT2D eigenvalue weighted by Crippen LogP contribution is 2.26. The van der Waals surface area contributed by atoms with E-state index in [1.807, 2.05) is 29.5 Å². The Bertz CT molecular complexity index is 679. The number of anilines is 1. The molecule has 0 unspecified atom stereocenters. The third kappa shape index (κ3) is 4.07. The zero-order chi connectivity index (χ0) is 15.4. The molecule has 3 nitrogen and oxygen atoms in total. The first-order valence-electron chi connectivity index (χ1n) is 6.20. The maximum Gasteiger partial charge on any atom is 0.255 e. The molecule has 0 fully saturated rings. The van der Waals surface area contributed by atoms with Gasteiger partial charge in [-0.15, -0.1) is 0 Å². The Morgan fingerprint density at radius 1 is 1.33 bits per heavy atom. The summed E-state index contributed by atoms with van der Waals surface area (Å²) in [6.45, 7) is 2.33. The van der Waals surface area contributed by atoms with E-state index in [0.29, 0.717) is 22.9 Å². The molecule has 0 aliphatic heterocycles. The van der Waals surface area contributed by atoms with Crippen molar-refractivity contribution in [2.24, 2.45) is 0 Å². The molecule has 2 aromatic carbocycles. The zero-order valence-electron chi connectivity index (χ0n) is 11.1. The fourth-order valence-electron chi connectivity index (χ4n) is 1.70. The van der Waals surface area contributed by atoms with E-state index in [-0.39, 0.29) is 5.69 Å². The number of amides is 1. The normalized spacial score (nSPS) is 10.3. The van der Waals surface area contributed by atoms with Crippen LogP contribution in [-0.2, 0) is 0 Å². The van der Waals surface area contributed by atoms with Gasteiger partial charge in [0, 0.05) is 9.13 Å². The summed E-state index contributed by atoms with van der Waals surface area (Å²) in [4.78, 5) is 12.1. The number of ether oxygens (including phenoxy) is 1. The molecule has 110 valence electrons. The summed E-state index contributed by atoms with van der Waals surface area (Å²) >= 11 is 8.03. The van der Waals surface area contributed by atoms with Crippen LogP contribution in [0.15, 0.2) is 36.4 Å². The largest absolute Gasteiger partial charge is 0.492 e. The van der Waals surface area contributed by atoms with Gasteiger partial charge in [0.05, 0.1) is 17.3 Å². The van der Waals surface area contributed by atoms with Gasteiger partial charge < -0.3 is 10.1 Å². The van der Waals surface area contributed by atoms with Crippen molar-refractivity contribution in [1.82, 2.24) is 0 Å². The van der Waals surface area contributed by atoms with Gasteiger partial charge in [0.15, 0.2) is 0 Å². The predicted molar refractivity (Wildman–Crippen MR) is 89.7 cm³/mol. The van der Waals surface area contributed by atoms with E-state index in [1.165, 1.54) is 18.2 Å². The number of carbonyl (C=O) groups excluding carboxylic acids is 1. The van der Waals surface area contributed by atoms with Crippen LogP contribution in [0.25, 0.3) is 0 Å². The molecular formula is C15H12ClFINO2. The highest BCUT2D eigenvalue weighted by molar-refractivity contribution is 14.1. The second-order valence-electron chi connectivity index (χ2n) is 4.16. The van der Waals surface area contributed by atoms with E-state index in [4.69, 9.17) is 16.3 Å². The van der Waals surface area contributed by atoms with Crippen LogP contribution in [0.4, 0.5) is 10.1 Å². The Hall–Kier alpha value is -1.34. The first-order valence-corrected chi connectivity index (χ1v) is 7.65. The molecule has 0 heterocycles. The van der Waals surface area contributed by atoms with Crippen molar-refractivity contribution >= 4 is 45.8 Å². The SMILES string of the molecule is CCOc1ccc(C(=O)Nc2ccc(I)cc2F)cc1Cl. The quantitative estimate of drug-likeness (QED) is 0.727. The average Bonchev–Trinajstić information content (AvgIpc) is 2.44. The van der Waals surface area contributed by atoms with Crippen molar-refractivity contribution < 1.29 is 13.9 Å². The Morgan fingerprint density at radius 2 is 2.10 bits per heavy atom. The van der Waals surface area contributed by atoms with Crippen molar-refractivity contribution in [3.63, 3.8) is 0 Å². The van der Waals surface area contributed by atoms with Crippen LogP contribution in [0.5, 0.6) is 5.75 Å². The van der Waals surface area contributed by atoms with Crippen LogP contribution >= 0.6 is 34.2 Å². The van der Waals surface area contributed by atoms with Crippen LogP contribution in [0.1, 0.15) is 17.3 Å². The van der Waals surface area contributed by atoms with Crippen molar-refractivity contribution in [3.8, 4) is 5.75 Å². The summed E-state index contributed by atoms with van der Waals surface area (Å²) in [5.74, 6) is -0.400.